The molecule has 1 N–H and O–H groups in total. The first-order valence-electron chi connectivity index (χ1n) is 9.27. The minimum atomic E-state index is 0.306. The normalized spacial score (nSPS) is 11.5. The minimum absolute atomic E-state index is 0.306. The van der Waals surface area contributed by atoms with Crippen molar-refractivity contribution in [3.8, 4) is 0 Å². The van der Waals surface area contributed by atoms with Gasteiger partial charge < -0.3 is 14.6 Å². The second-order valence-corrected chi connectivity index (χ2v) is 7.31. The summed E-state index contributed by atoms with van der Waals surface area (Å²) < 4.78 is 7.91. The van der Waals surface area contributed by atoms with Crippen molar-refractivity contribution in [3.05, 3.63) is 70.9 Å². The highest BCUT2D eigenvalue weighted by molar-refractivity contribution is 6.30. The van der Waals surface area contributed by atoms with Crippen LogP contribution in [0.1, 0.15) is 31.4 Å². The molecule has 4 heteroatoms. The van der Waals surface area contributed by atoms with Gasteiger partial charge in [-0.1, -0.05) is 41.9 Å². The number of nitrogens with one attached hydrogen (secondary N) is 1. The summed E-state index contributed by atoms with van der Waals surface area (Å²) in [5.41, 5.74) is 3.85. The van der Waals surface area contributed by atoms with Crippen LogP contribution in [0.5, 0.6) is 0 Å². The van der Waals surface area contributed by atoms with Gasteiger partial charge in [0.05, 0.1) is 6.10 Å². The van der Waals surface area contributed by atoms with Crippen LogP contribution in [-0.4, -0.2) is 23.8 Å². The Balaban J connectivity index is 1.66. The Morgan fingerprint density at radius 2 is 1.85 bits per heavy atom. The molecule has 0 saturated heterocycles. The van der Waals surface area contributed by atoms with Crippen LogP contribution < -0.4 is 5.32 Å². The topological polar surface area (TPSA) is 26.2 Å². The van der Waals surface area contributed by atoms with Crippen LogP contribution in [0.15, 0.2) is 54.7 Å². The Bertz CT molecular complexity index is 824. The van der Waals surface area contributed by atoms with Gasteiger partial charge in [-0.25, -0.2) is 0 Å². The van der Waals surface area contributed by atoms with Gasteiger partial charge in [-0.2, -0.15) is 0 Å². The fourth-order valence-electron chi connectivity index (χ4n) is 3.12. The van der Waals surface area contributed by atoms with Gasteiger partial charge >= 0.3 is 0 Å². The summed E-state index contributed by atoms with van der Waals surface area (Å²) in [5.74, 6) is 0. The molecule has 26 heavy (non-hydrogen) atoms. The lowest BCUT2D eigenvalue weighted by atomic mass is 10.2. The van der Waals surface area contributed by atoms with E-state index in [4.69, 9.17) is 16.3 Å². The number of hydrogen-bond acceptors (Lipinski definition) is 2. The maximum absolute atomic E-state index is 6.00. The number of benzene rings is 2. The smallest absolute Gasteiger partial charge is 0.0518 e. The summed E-state index contributed by atoms with van der Waals surface area (Å²) >= 11 is 6.00. The Morgan fingerprint density at radius 1 is 1.08 bits per heavy atom. The van der Waals surface area contributed by atoms with Crippen LogP contribution in [0.25, 0.3) is 10.9 Å². The molecule has 1 aromatic heterocycles. The van der Waals surface area contributed by atoms with Gasteiger partial charge in [-0.3, -0.25) is 0 Å². The predicted octanol–water partition coefficient (Wildman–Crippen LogP) is 5.25. The van der Waals surface area contributed by atoms with Gasteiger partial charge in [0.15, 0.2) is 0 Å². The fourth-order valence-corrected chi connectivity index (χ4v) is 3.25. The molecule has 0 aliphatic rings. The van der Waals surface area contributed by atoms with E-state index in [9.17, 15) is 0 Å². The summed E-state index contributed by atoms with van der Waals surface area (Å²) in [5, 5.41) is 5.63. The molecule has 0 atom stereocenters. The maximum Gasteiger partial charge on any atom is 0.0518 e. The van der Waals surface area contributed by atoms with E-state index in [-0.39, 0.29) is 0 Å². The summed E-state index contributed by atoms with van der Waals surface area (Å²) in [4.78, 5) is 0. The van der Waals surface area contributed by atoms with Crippen LogP contribution in [-0.2, 0) is 17.8 Å². The molecule has 3 aromatic rings. The molecule has 2 aromatic carbocycles. The van der Waals surface area contributed by atoms with Crippen LogP contribution in [0.2, 0.25) is 5.02 Å². The zero-order valence-electron chi connectivity index (χ0n) is 15.5. The van der Waals surface area contributed by atoms with Gasteiger partial charge in [0, 0.05) is 41.8 Å². The predicted molar refractivity (Wildman–Crippen MR) is 110 cm³/mol. The second-order valence-electron chi connectivity index (χ2n) is 6.88. The van der Waals surface area contributed by atoms with Gasteiger partial charge in [-0.15, -0.1) is 0 Å². The molecule has 0 bridgehead atoms. The van der Waals surface area contributed by atoms with E-state index < -0.39 is 0 Å². The number of rotatable bonds is 9. The third-order valence-corrected chi connectivity index (χ3v) is 4.65. The molecule has 138 valence electrons. The van der Waals surface area contributed by atoms with Crippen molar-refractivity contribution >= 4 is 22.5 Å². The van der Waals surface area contributed by atoms with Crippen molar-refractivity contribution in [2.24, 2.45) is 0 Å². The molecule has 0 saturated carbocycles. The lowest BCUT2D eigenvalue weighted by Crippen LogP contribution is -2.17. The largest absolute Gasteiger partial charge is 0.379 e. The van der Waals surface area contributed by atoms with Crippen molar-refractivity contribution < 1.29 is 4.74 Å². The van der Waals surface area contributed by atoms with Crippen LogP contribution >= 0.6 is 11.6 Å². The number of para-hydroxylation sites is 1. The van der Waals surface area contributed by atoms with E-state index >= 15 is 0 Å². The number of ether oxygens (including phenoxy) is 1. The van der Waals surface area contributed by atoms with Crippen molar-refractivity contribution in [3.63, 3.8) is 0 Å². The molecule has 0 aliphatic carbocycles. The fraction of sp³-hybridized carbons (Fsp3) is 0.364. The number of aromatic nitrogens is 1. The highest BCUT2D eigenvalue weighted by Gasteiger charge is 2.08. The minimum Gasteiger partial charge on any atom is -0.379 e. The third-order valence-electron chi connectivity index (χ3n) is 4.40. The average Bonchev–Trinajstić information content (AvgIpc) is 2.98. The Morgan fingerprint density at radius 3 is 2.62 bits per heavy atom. The van der Waals surface area contributed by atoms with E-state index in [1.807, 2.05) is 12.1 Å². The molecule has 3 rings (SSSR count). The molecule has 0 amide bonds. The highest BCUT2D eigenvalue weighted by atomic mass is 35.5. The molecule has 0 unspecified atom stereocenters. The first kappa shape index (κ1) is 19.0. The van der Waals surface area contributed by atoms with E-state index in [2.05, 4.69) is 66.3 Å². The summed E-state index contributed by atoms with van der Waals surface area (Å²) in [6.07, 6.45) is 3.60. The number of hydrogen-bond donors (Lipinski definition) is 1. The molecule has 0 spiro atoms. The lowest BCUT2D eigenvalue weighted by molar-refractivity contribution is 0.0770. The molecule has 3 nitrogen and oxygen atoms in total. The standard InChI is InChI=1S/C22H27ClN2O/c1-17(2)26-13-5-12-24-14-19-16-25(22-7-4-3-6-21(19)22)15-18-8-10-20(23)11-9-18/h3-4,6-11,16-17,24H,5,12-15H2,1-2H3. The van der Waals surface area contributed by atoms with Crippen LogP contribution in [0.3, 0.4) is 0 Å². The van der Waals surface area contributed by atoms with E-state index in [1.165, 1.54) is 22.0 Å². The van der Waals surface area contributed by atoms with Gasteiger partial charge in [0.1, 0.15) is 0 Å². The second kappa shape index (κ2) is 9.22. The average molecular weight is 371 g/mol. The van der Waals surface area contributed by atoms with Gasteiger partial charge in [0.2, 0.25) is 0 Å². The quantitative estimate of drug-likeness (QED) is 0.521. The molecular weight excluding hydrogens is 344 g/mol. The SMILES string of the molecule is CC(C)OCCCNCc1cn(Cc2ccc(Cl)cc2)c2ccccc12. The van der Waals surface area contributed by atoms with Crippen molar-refractivity contribution in [1.82, 2.24) is 9.88 Å². The Kier molecular flexibility index (Phi) is 6.73. The maximum atomic E-state index is 6.00. The summed E-state index contributed by atoms with van der Waals surface area (Å²) in [6, 6.07) is 16.7. The highest BCUT2D eigenvalue weighted by Crippen LogP contribution is 2.23. The number of fused-ring (bicyclic) bond motifs is 1. The van der Waals surface area contributed by atoms with Crippen molar-refractivity contribution in [1.29, 1.82) is 0 Å². The van der Waals surface area contributed by atoms with Gasteiger partial charge in [-0.05, 0) is 56.1 Å². The molecule has 0 fully saturated rings. The van der Waals surface area contributed by atoms with Crippen molar-refractivity contribution in [2.45, 2.75) is 39.5 Å². The lowest BCUT2D eigenvalue weighted by Gasteiger charge is -2.08. The number of nitrogens with zero attached hydrogens (tertiary/aromatic N) is 1. The zero-order valence-corrected chi connectivity index (χ0v) is 16.3. The Labute approximate surface area is 160 Å². The first-order valence-corrected chi connectivity index (χ1v) is 9.65. The first-order chi connectivity index (χ1) is 12.6. The Hall–Kier alpha value is -1.81. The number of halogens is 1. The van der Waals surface area contributed by atoms with E-state index in [0.717, 1.165) is 37.7 Å². The van der Waals surface area contributed by atoms with Crippen LogP contribution in [0.4, 0.5) is 0 Å². The molecule has 1 heterocycles. The molecule has 0 radical (unpaired) electrons. The van der Waals surface area contributed by atoms with E-state index in [0.29, 0.717) is 6.10 Å². The zero-order chi connectivity index (χ0) is 18.4. The van der Waals surface area contributed by atoms with E-state index in [1.54, 1.807) is 0 Å². The van der Waals surface area contributed by atoms with Crippen molar-refractivity contribution in [2.75, 3.05) is 13.2 Å². The summed E-state index contributed by atoms with van der Waals surface area (Å²) in [6.45, 7) is 7.63. The third kappa shape index (κ3) is 5.10. The monoisotopic (exact) mass is 370 g/mol. The van der Waals surface area contributed by atoms with Crippen LogP contribution in [0, 0.1) is 0 Å². The van der Waals surface area contributed by atoms with Gasteiger partial charge in [0.25, 0.3) is 0 Å². The summed E-state index contributed by atoms with van der Waals surface area (Å²) in [7, 11) is 0. The molecule has 0 aliphatic heterocycles. The molecular formula is C22H27ClN2O.